The summed E-state index contributed by atoms with van der Waals surface area (Å²) in [5.41, 5.74) is 4.66. The normalized spacial score (nSPS) is 15.8. The minimum atomic E-state index is -0.0595. The van der Waals surface area contributed by atoms with Crippen LogP contribution in [0.3, 0.4) is 0 Å². The summed E-state index contributed by atoms with van der Waals surface area (Å²) in [6.45, 7) is 2.70. The Hall–Kier alpha value is -3.34. The molecular formula is C25H26N2O3. The molecular weight excluding hydrogens is 376 g/mol. The van der Waals surface area contributed by atoms with Crippen molar-refractivity contribution in [2.75, 3.05) is 20.8 Å². The van der Waals surface area contributed by atoms with Crippen LogP contribution in [-0.4, -0.2) is 36.6 Å². The molecule has 3 aromatic rings. The summed E-state index contributed by atoms with van der Waals surface area (Å²) in [5.74, 6) is 1.13. The Bertz CT molecular complexity index is 1050. The zero-order valence-corrected chi connectivity index (χ0v) is 17.6. The van der Waals surface area contributed by atoms with Gasteiger partial charge in [-0.1, -0.05) is 30.3 Å². The maximum atomic E-state index is 13.5. The zero-order valence-electron chi connectivity index (χ0n) is 17.6. The quantitative estimate of drug-likeness (QED) is 0.599. The Morgan fingerprint density at radius 2 is 1.80 bits per heavy atom. The van der Waals surface area contributed by atoms with Gasteiger partial charge in [0.2, 0.25) is 0 Å². The number of ether oxygens (including phenoxy) is 2. The van der Waals surface area contributed by atoms with Crippen LogP contribution >= 0.6 is 0 Å². The monoisotopic (exact) mass is 402 g/mol. The number of benzene rings is 2. The molecule has 1 fully saturated rings. The van der Waals surface area contributed by atoms with Gasteiger partial charge in [-0.2, -0.15) is 0 Å². The van der Waals surface area contributed by atoms with E-state index in [1.54, 1.807) is 32.4 Å². The standard InChI is InChI=1S/C25H26N2O3/c1-17-14-19(18-8-5-4-6-9-18)15-22(26-17)23-10-7-13-27(23)25(28)21-16-20(29-2)11-12-24(21)30-3/h4-6,8-9,11-12,14-16,23H,7,10,13H2,1-3H3. The Labute approximate surface area is 177 Å². The number of rotatable bonds is 5. The average Bonchev–Trinajstić information content (AvgIpc) is 3.28. The largest absolute Gasteiger partial charge is 0.497 e. The lowest BCUT2D eigenvalue weighted by atomic mass is 10.0. The van der Waals surface area contributed by atoms with Gasteiger partial charge in [0.1, 0.15) is 11.5 Å². The van der Waals surface area contributed by atoms with Crippen LogP contribution in [-0.2, 0) is 0 Å². The van der Waals surface area contributed by atoms with Crippen molar-refractivity contribution < 1.29 is 14.3 Å². The first kappa shape index (κ1) is 20.0. The van der Waals surface area contributed by atoms with E-state index in [0.29, 0.717) is 23.6 Å². The molecule has 1 aliphatic rings. The van der Waals surface area contributed by atoms with Crippen LogP contribution in [0, 0.1) is 6.92 Å². The second-order valence-corrected chi connectivity index (χ2v) is 7.51. The van der Waals surface area contributed by atoms with Gasteiger partial charge in [0.05, 0.1) is 31.5 Å². The molecule has 0 radical (unpaired) electrons. The van der Waals surface area contributed by atoms with Crippen LogP contribution in [0.1, 0.15) is 40.6 Å². The molecule has 0 N–H and O–H groups in total. The Morgan fingerprint density at radius 3 is 2.53 bits per heavy atom. The van der Waals surface area contributed by atoms with Crippen molar-refractivity contribution in [3.63, 3.8) is 0 Å². The molecule has 5 heteroatoms. The van der Waals surface area contributed by atoms with E-state index in [1.165, 1.54) is 0 Å². The van der Waals surface area contributed by atoms with E-state index in [1.807, 2.05) is 30.0 Å². The average molecular weight is 402 g/mol. The van der Waals surface area contributed by atoms with E-state index < -0.39 is 0 Å². The molecule has 30 heavy (non-hydrogen) atoms. The molecule has 5 nitrogen and oxygen atoms in total. The Morgan fingerprint density at radius 1 is 1.00 bits per heavy atom. The Kier molecular flexibility index (Phi) is 5.70. The number of likely N-dealkylation sites (tertiary alicyclic amines) is 1. The highest BCUT2D eigenvalue weighted by Gasteiger charge is 2.33. The van der Waals surface area contributed by atoms with Crippen molar-refractivity contribution in [3.05, 3.63) is 77.6 Å². The van der Waals surface area contributed by atoms with E-state index in [0.717, 1.165) is 35.4 Å². The number of hydrogen-bond donors (Lipinski definition) is 0. The summed E-state index contributed by atoms with van der Waals surface area (Å²) in [4.78, 5) is 20.2. The summed E-state index contributed by atoms with van der Waals surface area (Å²) >= 11 is 0. The first-order valence-corrected chi connectivity index (χ1v) is 10.2. The molecule has 2 aromatic carbocycles. The summed E-state index contributed by atoms with van der Waals surface area (Å²) in [6.07, 6.45) is 1.84. The minimum absolute atomic E-state index is 0.0576. The number of carbonyl (C=O) groups excluding carboxylic acids is 1. The molecule has 4 rings (SSSR count). The molecule has 1 atom stereocenters. The number of amides is 1. The number of carbonyl (C=O) groups is 1. The van der Waals surface area contributed by atoms with Gasteiger partial charge >= 0.3 is 0 Å². The van der Waals surface area contributed by atoms with Gasteiger partial charge in [-0.15, -0.1) is 0 Å². The van der Waals surface area contributed by atoms with Gasteiger partial charge in [0.25, 0.3) is 5.91 Å². The highest BCUT2D eigenvalue weighted by Crippen LogP contribution is 2.36. The van der Waals surface area contributed by atoms with Gasteiger partial charge in [-0.3, -0.25) is 9.78 Å². The number of hydrogen-bond acceptors (Lipinski definition) is 4. The van der Waals surface area contributed by atoms with Crippen LogP contribution in [0.25, 0.3) is 11.1 Å². The van der Waals surface area contributed by atoms with Crippen LogP contribution < -0.4 is 9.47 Å². The second-order valence-electron chi connectivity index (χ2n) is 7.51. The van der Waals surface area contributed by atoms with Crippen LogP contribution in [0.2, 0.25) is 0 Å². The molecule has 2 heterocycles. The van der Waals surface area contributed by atoms with E-state index in [-0.39, 0.29) is 11.9 Å². The number of methoxy groups -OCH3 is 2. The SMILES string of the molecule is COc1ccc(OC)c(C(=O)N2CCCC2c2cc(-c3ccccc3)cc(C)n2)c1. The molecule has 0 bridgehead atoms. The highest BCUT2D eigenvalue weighted by atomic mass is 16.5. The molecule has 1 amide bonds. The fourth-order valence-electron chi connectivity index (χ4n) is 4.12. The lowest BCUT2D eigenvalue weighted by molar-refractivity contribution is 0.0729. The maximum absolute atomic E-state index is 13.5. The lowest BCUT2D eigenvalue weighted by Crippen LogP contribution is -2.31. The summed E-state index contributed by atoms with van der Waals surface area (Å²) < 4.78 is 10.8. The first-order valence-electron chi connectivity index (χ1n) is 10.2. The highest BCUT2D eigenvalue weighted by molar-refractivity contribution is 5.97. The fraction of sp³-hybridized carbons (Fsp3) is 0.280. The molecule has 0 saturated carbocycles. The molecule has 0 spiro atoms. The van der Waals surface area contributed by atoms with Crippen LogP contribution in [0.4, 0.5) is 0 Å². The van der Waals surface area contributed by atoms with E-state index in [4.69, 9.17) is 14.5 Å². The van der Waals surface area contributed by atoms with Crippen molar-refractivity contribution in [3.8, 4) is 22.6 Å². The molecule has 1 saturated heterocycles. The predicted molar refractivity (Wildman–Crippen MR) is 117 cm³/mol. The second kappa shape index (κ2) is 8.57. The lowest BCUT2D eigenvalue weighted by Gasteiger charge is -2.26. The van der Waals surface area contributed by atoms with Gasteiger partial charge in [0.15, 0.2) is 0 Å². The summed E-state index contributed by atoms with van der Waals surface area (Å²) in [5, 5.41) is 0. The molecule has 1 aliphatic heterocycles. The van der Waals surface area contributed by atoms with E-state index >= 15 is 0 Å². The van der Waals surface area contributed by atoms with Gasteiger partial charge in [-0.05, 0) is 61.2 Å². The van der Waals surface area contributed by atoms with Crippen molar-refractivity contribution in [1.82, 2.24) is 9.88 Å². The van der Waals surface area contributed by atoms with Crippen LogP contribution in [0.5, 0.6) is 11.5 Å². The first-order chi connectivity index (χ1) is 14.6. The third kappa shape index (κ3) is 3.88. The van der Waals surface area contributed by atoms with Crippen LogP contribution in [0.15, 0.2) is 60.7 Å². The molecule has 1 aromatic heterocycles. The smallest absolute Gasteiger partial charge is 0.258 e. The summed E-state index contributed by atoms with van der Waals surface area (Å²) in [6, 6.07) is 19.7. The molecule has 154 valence electrons. The zero-order chi connectivity index (χ0) is 21.1. The van der Waals surface area contributed by atoms with Gasteiger partial charge in [-0.25, -0.2) is 0 Å². The number of pyridine rings is 1. The third-order valence-electron chi connectivity index (χ3n) is 5.57. The maximum Gasteiger partial charge on any atom is 0.258 e. The Balaban J connectivity index is 1.70. The van der Waals surface area contributed by atoms with Crippen molar-refractivity contribution >= 4 is 5.91 Å². The third-order valence-corrected chi connectivity index (χ3v) is 5.57. The summed E-state index contributed by atoms with van der Waals surface area (Å²) in [7, 11) is 3.17. The number of aryl methyl sites for hydroxylation is 1. The predicted octanol–water partition coefficient (Wildman–Crippen LogP) is 5.05. The van der Waals surface area contributed by atoms with Crippen molar-refractivity contribution in [1.29, 1.82) is 0 Å². The van der Waals surface area contributed by atoms with Gasteiger partial charge < -0.3 is 14.4 Å². The molecule has 1 unspecified atom stereocenters. The van der Waals surface area contributed by atoms with E-state index in [2.05, 4.69) is 24.3 Å². The number of nitrogens with zero attached hydrogens (tertiary/aromatic N) is 2. The number of aromatic nitrogens is 1. The fourth-order valence-corrected chi connectivity index (χ4v) is 4.12. The van der Waals surface area contributed by atoms with Gasteiger partial charge in [0, 0.05) is 12.2 Å². The molecule has 0 aliphatic carbocycles. The van der Waals surface area contributed by atoms with E-state index in [9.17, 15) is 4.79 Å². The minimum Gasteiger partial charge on any atom is -0.497 e. The topological polar surface area (TPSA) is 51.7 Å². The van der Waals surface area contributed by atoms with Crippen molar-refractivity contribution in [2.45, 2.75) is 25.8 Å². The van der Waals surface area contributed by atoms with Crippen molar-refractivity contribution in [2.24, 2.45) is 0 Å².